The molecule has 0 bridgehead atoms. The number of methoxy groups -OCH3 is 3. The van der Waals surface area contributed by atoms with Gasteiger partial charge in [-0.2, -0.15) is 4.31 Å². The van der Waals surface area contributed by atoms with Crippen molar-refractivity contribution in [1.29, 1.82) is 0 Å². The second-order valence-corrected chi connectivity index (χ2v) is 12.3. The zero-order valence-corrected chi connectivity index (χ0v) is 25.2. The molecule has 1 heterocycles. The Morgan fingerprint density at radius 3 is 2.15 bits per heavy atom. The molecule has 10 nitrogen and oxygen atoms in total. The van der Waals surface area contributed by atoms with Crippen molar-refractivity contribution in [2.45, 2.75) is 11.3 Å². The molecule has 0 fully saturated rings. The van der Waals surface area contributed by atoms with E-state index in [2.05, 4.69) is 0 Å². The van der Waals surface area contributed by atoms with E-state index in [4.69, 9.17) is 30.8 Å². The lowest BCUT2D eigenvalue weighted by molar-refractivity contribution is 0.0986. The molecule has 0 radical (unpaired) electrons. The first-order chi connectivity index (χ1) is 18.6. The Morgan fingerprint density at radius 2 is 1.59 bits per heavy atom. The number of fused-ring (bicyclic) bond motifs is 1. The van der Waals surface area contributed by atoms with Crippen molar-refractivity contribution in [2.75, 3.05) is 79.7 Å². The summed E-state index contributed by atoms with van der Waals surface area (Å²) < 4.78 is 44.1. The zero-order chi connectivity index (χ0) is 28.6. The van der Waals surface area contributed by atoms with Gasteiger partial charge in [-0.05, 0) is 63.5 Å². The average Bonchev–Trinajstić information content (AvgIpc) is 3.37. The highest BCUT2D eigenvalue weighted by molar-refractivity contribution is 7.89. The molecule has 0 unspecified atom stereocenters. The molecule has 0 spiro atoms. The van der Waals surface area contributed by atoms with Gasteiger partial charge < -0.3 is 19.1 Å². The van der Waals surface area contributed by atoms with Crippen molar-refractivity contribution >= 4 is 54.2 Å². The fraction of sp³-hybridized carbons (Fsp3) is 0.462. The van der Waals surface area contributed by atoms with Gasteiger partial charge in [-0.15, -0.1) is 0 Å². The number of anilines is 1. The SMILES string of the molecule is COCCN(CCOC)S(=O)(=O)c1ccc(C(=O)N(CCCN(C)C)c2nc3c(OC)ccc(Cl)c3s2)cc1. The third-order valence-corrected chi connectivity index (χ3v) is 9.41. The minimum absolute atomic E-state index is 0.0851. The maximum absolute atomic E-state index is 13.7. The summed E-state index contributed by atoms with van der Waals surface area (Å²) in [4.78, 5) is 22.2. The molecule has 13 heteroatoms. The molecule has 0 saturated carbocycles. The summed E-state index contributed by atoms with van der Waals surface area (Å²) in [6.07, 6.45) is 0.708. The van der Waals surface area contributed by atoms with Crippen LogP contribution in [0.5, 0.6) is 5.75 Å². The van der Waals surface area contributed by atoms with Gasteiger partial charge in [0.05, 0.1) is 34.9 Å². The molecule has 0 saturated heterocycles. The first-order valence-electron chi connectivity index (χ1n) is 12.3. The minimum atomic E-state index is -3.81. The Kier molecular flexibility index (Phi) is 11.5. The van der Waals surface area contributed by atoms with E-state index in [1.807, 2.05) is 19.0 Å². The Bertz CT molecular complexity index is 1340. The molecular weight excluding hydrogens is 564 g/mol. The van der Waals surface area contributed by atoms with Crippen LogP contribution in [0.25, 0.3) is 10.2 Å². The number of hydrogen-bond acceptors (Lipinski definition) is 9. The predicted octanol–water partition coefficient (Wildman–Crippen LogP) is 3.84. The van der Waals surface area contributed by atoms with E-state index in [0.29, 0.717) is 39.9 Å². The molecule has 3 aromatic rings. The van der Waals surface area contributed by atoms with E-state index < -0.39 is 10.0 Å². The summed E-state index contributed by atoms with van der Waals surface area (Å²) in [6, 6.07) is 9.44. The Balaban J connectivity index is 1.93. The van der Waals surface area contributed by atoms with Gasteiger partial charge in [0.25, 0.3) is 5.91 Å². The van der Waals surface area contributed by atoms with Crippen LogP contribution in [-0.2, 0) is 19.5 Å². The third-order valence-electron chi connectivity index (χ3n) is 5.96. The molecule has 0 atom stereocenters. The minimum Gasteiger partial charge on any atom is -0.494 e. The van der Waals surface area contributed by atoms with Gasteiger partial charge in [0.2, 0.25) is 10.0 Å². The van der Waals surface area contributed by atoms with Crippen LogP contribution in [0, 0.1) is 0 Å². The normalized spacial score (nSPS) is 12.0. The first-order valence-corrected chi connectivity index (χ1v) is 14.9. The quantitative estimate of drug-likeness (QED) is 0.260. The van der Waals surface area contributed by atoms with Gasteiger partial charge in [0.1, 0.15) is 11.3 Å². The van der Waals surface area contributed by atoms with E-state index in [1.54, 1.807) is 24.1 Å². The largest absolute Gasteiger partial charge is 0.494 e. The first kappa shape index (κ1) is 31.2. The number of rotatable bonds is 15. The highest BCUT2D eigenvalue weighted by Gasteiger charge is 2.26. The zero-order valence-electron chi connectivity index (χ0n) is 22.8. The molecule has 1 amide bonds. The highest BCUT2D eigenvalue weighted by atomic mass is 35.5. The topological polar surface area (TPSA) is 102 Å². The Labute approximate surface area is 239 Å². The fourth-order valence-electron chi connectivity index (χ4n) is 3.86. The Morgan fingerprint density at radius 1 is 0.949 bits per heavy atom. The summed E-state index contributed by atoms with van der Waals surface area (Å²) in [7, 11) is 4.72. The number of aromatic nitrogens is 1. The van der Waals surface area contributed by atoms with Gasteiger partial charge in [-0.1, -0.05) is 22.9 Å². The van der Waals surface area contributed by atoms with Crippen LogP contribution in [0.2, 0.25) is 5.02 Å². The molecule has 0 aliphatic heterocycles. The number of halogens is 1. The maximum atomic E-state index is 13.7. The average molecular weight is 599 g/mol. The molecule has 1 aromatic heterocycles. The van der Waals surface area contributed by atoms with E-state index in [0.717, 1.165) is 11.2 Å². The van der Waals surface area contributed by atoms with Crippen molar-refractivity contribution < 1.29 is 27.4 Å². The van der Waals surface area contributed by atoms with Crippen LogP contribution < -0.4 is 9.64 Å². The molecule has 2 aromatic carbocycles. The van der Waals surface area contributed by atoms with Gasteiger partial charge in [0.15, 0.2) is 5.13 Å². The Hall–Kier alpha value is -2.32. The monoisotopic (exact) mass is 598 g/mol. The molecule has 0 aliphatic rings. The van der Waals surface area contributed by atoms with Gasteiger partial charge in [-0.3, -0.25) is 9.69 Å². The second kappa shape index (κ2) is 14.4. The van der Waals surface area contributed by atoms with E-state index in [9.17, 15) is 13.2 Å². The maximum Gasteiger partial charge on any atom is 0.260 e. The van der Waals surface area contributed by atoms with Crippen LogP contribution in [0.3, 0.4) is 0 Å². The van der Waals surface area contributed by atoms with Crippen LogP contribution in [-0.4, -0.2) is 103 Å². The van der Waals surface area contributed by atoms with Crippen LogP contribution in [0.1, 0.15) is 16.8 Å². The van der Waals surface area contributed by atoms with Crippen molar-refractivity contribution in [3.8, 4) is 5.75 Å². The van der Waals surface area contributed by atoms with Crippen LogP contribution >= 0.6 is 22.9 Å². The number of thiazole rings is 1. The number of benzene rings is 2. The number of carbonyl (C=O) groups excluding carboxylic acids is 1. The lowest BCUT2D eigenvalue weighted by Crippen LogP contribution is -2.36. The summed E-state index contributed by atoms with van der Waals surface area (Å²) in [6.45, 7) is 2.06. The summed E-state index contributed by atoms with van der Waals surface area (Å²) in [5.41, 5.74) is 0.931. The number of nitrogens with zero attached hydrogens (tertiary/aromatic N) is 4. The molecule has 0 aliphatic carbocycles. The van der Waals surface area contributed by atoms with Crippen LogP contribution in [0.4, 0.5) is 5.13 Å². The van der Waals surface area contributed by atoms with Crippen molar-refractivity contribution in [3.05, 3.63) is 47.0 Å². The van der Waals surface area contributed by atoms with E-state index in [-0.39, 0.29) is 37.1 Å². The number of sulfonamides is 1. The van der Waals surface area contributed by atoms with E-state index >= 15 is 0 Å². The summed E-state index contributed by atoms with van der Waals surface area (Å²) >= 11 is 7.74. The molecule has 0 N–H and O–H groups in total. The number of amides is 1. The molecule has 214 valence electrons. The number of hydrogen-bond donors (Lipinski definition) is 0. The lowest BCUT2D eigenvalue weighted by Gasteiger charge is -2.22. The predicted molar refractivity (Wildman–Crippen MR) is 155 cm³/mol. The van der Waals surface area contributed by atoms with E-state index in [1.165, 1.54) is 54.1 Å². The number of carbonyl (C=O) groups is 1. The van der Waals surface area contributed by atoms with Crippen molar-refractivity contribution in [2.24, 2.45) is 0 Å². The molecule has 39 heavy (non-hydrogen) atoms. The fourth-order valence-corrected chi connectivity index (χ4v) is 6.55. The van der Waals surface area contributed by atoms with Gasteiger partial charge in [0, 0.05) is 39.4 Å². The molecule has 3 rings (SSSR count). The van der Waals surface area contributed by atoms with Gasteiger partial charge in [-0.25, -0.2) is 13.4 Å². The summed E-state index contributed by atoms with van der Waals surface area (Å²) in [5, 5.41) is 1.01. The number of ether oxygens (including phenoxy) is 3. The summed E-state index contributed by atoms with van der Waals surface area (Å²) in [5.74, 6) is 0.279. The smallest absolute Gasteiger partial charge is 0.260 e. The second-order valence-electron chi connectivity index (χ2n) is 8.95. The standard InChI is InChI=1S/C26H35ClN4O6S2/c1-29(2)13-6-14-31(26-28-23-22(37-5)12-11-21(27)24(23)38-26)25(32)19-7-9-20(10-8-19)39(33,34)30(15-17-35-3)16-18-36-4/h7-12H,6,13-18H2,1-5H3. The third kappa shape index (κ3) is 7.66. The molecular formula is C26H35ClN4O6S2. The van der Waals surface area contributed by atoms with Gasteiger partial charge >= 0.3 is 0 Å². The van der Waals surface area contributed by atoms with Crippen molar-refractivity contribution in [1.82, 2.24) is 14.2 Å². The lowest BCUT2D eigenvalue weighted by atomic mass is 10.2. The highest BCUT2D eigenvalue weighted by Crippen LogP contribution is 2.39. The van der Waals surface area contributed by atoms with Crippen LogP contribution in [0.15, 0.2) is 41.3 Å². The van der Waals surface area contributed by atoms with Crippen molar-refractivity contribution in [3.63, 3.8) is 0 Å².